The van der Waals surface area contributed by atoms with Crippen LogP contribution in [0.4, 0.5) is 0 Å². The van der Waals surface area contributed by atoms with Gasteiger partial charge in [0, 0.05) is 5.38 Å². The van der Waals surface area contributed by atoms with Gasteiger partial charge in [-0.2, -0.15) is 0 Å². The van der Waals surface area contributed by atoms with E-state index in [-0.39, 0.29) is 12.3 Å². The summed E-state index contributed by atoms with van der Waals surface area (Å²) in [7, 11) is -3.33. The molecule has 1 N–H and O–H groups in total. The highest BCUT2D eigenvalue weighted by Crippen LogP contribution is 2.17. The molecule has 108 valence electrons. The molecule has 0 saturated heterocycles. The van der Waals surface area contributed by atoms with Crippen molar-refractivity contribution in [2.45, 2.75) is 32.1 Å². The van der Waals surface area contributed by atoms with E-state index in [4.69, 9.17) is 0 Å². The SMILES string of the molecule is CC(C)c1csc(CNS(=O)(=O)Cc2ccccc2)n1. The van der Waals surface area contributed by atoms with Gasteiger partial charge in [0.15, 0.2) is 0 Å². The van der Waals surface area contributed by atoms with E-state index in [1.807, 2.05) is 23.6 Å². The monoisotopic (exact) mass is 310 g/mol. The van der Waals surface area contributed by atoms with Crippen LogP contribution in [0.25, 0.3) is 0 Å². The number of hydrogen-bond acceptors (Lipinski definition) is 4. The predicted octanol–water partition coefficient (Wildman–Crippen LogP) is 2.89. The molecule has 0 fully saturated rings. The van der Waals surface area contributed by atoms with Crippen molar-refractivity contribution in [3.05, 3.63) is 52.0 Å². The van der Waals surface area contributed by atoms with E-state index in [2.05, 4.69) is 23.6 Å². The van der Waals surface area contributed by atoms with Crippen molar-refractivity contribution in [3.8, 4) is 0 Å². The van der Waals surface area contributed by atoms with Gasteiger partial charge in [-0.1, -0.05) is 44.2 Å². The quantitative estimate of drug-likeness (QED) is 0.892. The Balaban J connectivity index is 1.95. The van der Waals surface area contributed by atoms with Gasteiger partial charge in [0.05, 0.1) is 18.0 Å². The number of benzene rings is 1. The molecule has 1 aromatic heterocycles. The third-order valence-electron chi connectivity index (χ3n) is 2.80. The highest BCUT2D eigenvalue weighted by molar-refractivity contribution is 7.88. The van der Waals surface area contributed by atoms with Crippen molar-refractivity contribution in [2.75, 3.05) is 0 Å². The smallest absolute Gasteiger partial charge is 0.216 e. The number of hydrogen-bond donors (Lipinski definition) is 1. The number of thiazole rings is 1. The Morgan fingerprint density at radius 2 is 1.95 bits per heavy atom. The lowest BCUT2D eigenvalue weighted by molar-refractivity contribution is 0.580. The van der Waals surface area contributed by atoms with Gasteiger partial charge < -0.3 is 0 Å². The minimum atomic E-state index is -3.33. The Bertz CT molecular complexity index is 649. The fraction of sp³-hybridized carbons (Fsp3) is 0.357. The van der Waals surface area contributed by atoms with Gasteiger partial charge in [-0.15, -0.1) is 11.3 Å². The molecule has 20 heavy (non-hydrogen) atoms. The molecule has 1 aromatic carbocycles. The van der Waals surface area contributed by atoms with Crippen LogP contribution in [0.15, 0.2) is 35.7 Å². The molecule has 2 aromatic rings. The number of rotatable bonds is 6. The Kier molecular flexibility index (Phi) is 4.91. The van der Waals surface area contributed by atoms with Gasteiger partial charge in [-0.25, -0.2) is 18.1 Å². The largest absolute Gasteiger partial charge is 0.245 e. The molecule has 1 heterocycles. The summed E-state index contributed by atoms with van der Waals surface area (Å²) in [6, 6.07) is 9.15. The Labute approximate surface area is 123 Å². The zero-order valence-electron chi connectivity index (χ0n) is 11.5. The summed E-state index contributed by atoms with van der Waals surface area (Å²) in [6.07, 6.45) is 0. The second-order valence-corrected chi connectivity index (χ2v) is 7.64. The van der Waals surface area contributed by atoms with Crippen LogP contribution in [0.2, 0.25) is 0 Å². The Morgan fingerprint density at radius 3 is 2.55 bits per heavy atom. The molecule has 2 rings (SSSR count). The van der Waals surface area contributed by atoms with E-state index in [1.54, 1.807) is 12.1 Å². The molecule has 0 unspecified atom stereocenters. The van der Waals surface area contributed by atoms with Gasteiger partial charge in [0.1, 0.15) is 5.01 Å². The molecular weight excluding hydrogens is 292 g/mol. The van der Waals surface area contributed by atoms with Gasteiger partial charge in [0.2, 0.25) is 10.0 Å². The third kappa shape index (κ3) is 4.40. The van der Waals surface area contributed by atoms with Crippen LogP contribution in [0, 0.1) is 0 Å². The maximum atomic E-state index is 12.0. The zero-order chi connectivity index (χ0) is 14.6. The first-order valence-corrected chi connectivity index (χ1v) is 8.95. The standard InChI is InChI=1S/C14H18N2O2S2/c1-11(2)13-9-19-14(16-13)8-15-20(17,18)10-12-6-4-3-5-7-12/h3-7,9,11,15H,8,10H2,1-2H3. The summed E-state index contributed by atoms with van der Waals surface area (Å²) < 4.78 is 26.6. The van der Waals surface area contributed by atoms with E-state index in [9.17, 15) is 8.42 Å². The molecule has 0 aliphatic rings. The minimum absolute atomic E-state index is 0.00372. The van der Waals surface area contributed by atoms with Crippen LogP contribution in [0.5, 0.6) is 0 Å². The Morgan fingerprint density at radius 1 is 1.25 bits per heavy atom. The summed E-state index contributed by atoms with van der Waals surface area (Å²) in [6.45, 7) is 4.39. The normalized spacial score (nSPS) is 11.9. The van der Waals surface area contributed by atoms with E-state index in [0.29, 0.717) is 5.92 Å². The van der Waals surface area contributed by atoms with Crippen LogP contribution in [-0.2, 0) is 22.3 Å². The van der Waals surface area contributed by atoms with Crippen molar-refractivity contribution >= 4 is 21.4 Å². The predicted molar refractivity (Wildman–Crippen MR) is 82.1 cm³/mol. The first-order valence-electron chi connectivity index (χ1n) is 6.42. The van der Waals surface area contributed by atoms with Gasteiger partial charge >= 0.3 is 0 Å². The topological polar surface area (TPSA) is 59.1 Å². The molecular formula is C14H18N2O2S2. The molecule has 0 aliphatic carbocycles. The summed E-state index contributed by atoms with van der Waals surface area (Å²) in [5, 5.41) is 2.77. The number of aromatic nitrogens is 1. The van der Waals surface area contributed by atoms with Crippen LogP contribution < -0.4 is 4.72 Å². The first-order chi connectivity index (χ1) is 9.46. The maximum Gasteiger partial charge on any atom is 0.216 e. The van der Waals surface area contributed by atoms with E-state index in [0.717, 1.165) is 16.3 Å². The van der Waals surface area contributed by atoms with Crippen molar-refractivity contribution in [3.63, 3.8) is 0 Å². The van der Waals surface area contributed by atoms with Crippen molar-refractivity contribution in [1.82, 2.24) is 9.71 Å². The molecule has 4 nitrogen and oxygen atoms in total. The van der Waals surface area contributed by atoms with Crippen molar-refractivity contribution in [2.24, 2.45) is 0 Å². The fourth-order valence-electron chi connectivity index (χ4n) is 1.69. The fourth-order valence-corrected chi connectivity index (χ4v) is 3.76. The van der Waals surface area contributed by atoms with Crippen LogP contribution in [0.1, 0.15) is 36.0 Å². The van der Waals surface area contributed by atoms with E-state index < -0.39 is 10.0 Å². The third-order valence-corrected chi connectivity index (χ3v) is 4.97. The molecule has 0 aliphatic heterocycles. The van der Waals surface area contributed by atoms with Crippen LogP contribution >= 0.6 is 11.3 Å². The van der Waals surface area contributed by atoms with E-state index >= 15 is 0 Å². The van der Waals surface area contributed by atoms with E-state index in [1.165, 1.54) is 11.3 Å². The average molecular weight is 310 g/mol. The molecule has 0 spiro atoms. The second-order valence-electron chi connectivity index (χ2n) is 4.89. The molecule has 0 amide bonds. The molecule has 0 bridgehead atoms. The van der Waals surface area contributed by atoms with Gasteiger partial charge in [-0.3, -0.25) is 0 Å². The highest BCUT2D eigenvalue weighted by atomic mass is 32.2. The number of nitrogens with one attached hydrogen (secondary N) is 1. The lowest BCUT2D eigenvalue weighted by Crippen LogP contribution is -2.24. The molecule has 0 atom stereocenters. The summed E-state index contributed by atoms with van der Waals surface area (Å²) >= 11 is 1.49. The number of sulfonamides is 1. The lowest BCUT2D eigenvalue weighted by Gasteiger charge is -2.05. The molecule has 6 heteroatoms. The molecule has 0 radical (unpaired) electrons. The van der Waals surface area contributed by atoms with Crippen molar-refractivity contribution in [1.29, 1.82) is 0 Å². The maximum absolute atomic E-state index is 12.0. The summed E-state index contributed by atoms with van der Waals surface area (Å²) in [5.74, 6) is 0.358. The van der Waals surface area contributed by atoms with Gasteiger partial charge in [-0.05, 0) is 11.5 Å². The Hall–Kier alpha value is -1.24. The average Bonchev–Trinajstić information content (AvgIpc) is 2.86. The summed E-state index contributed by atoms with van der Waals surface area (Å²) in [5.41, 5.74) is 1.79. The molecule has 0 saturated carbocycles. The zero-order valence-corrected chi connectivity index (χ0v) is 13.2. The first kappa shape index (κ1) is 15.2. The van der Waals surface area contributed by atoms with Crippen LogP contribution in [0.3, 0.4) is 0 Å². The number of nitrogens with zero attached hydrogens (tertiary/aromatic N) is 1. The summed E-state index contributed by atoms with van der Waals surface area (Å²) in [4.78, 5) is 4.41. The highest BCUT2D eigenvalue weighted by Gasteiger charge is 2.13. The lowest BCUT2D eigenvalue weighted by atomic mass is 10.2. The van der Waals surface area contributed by atoms with Gasteiger partial charge in [0.25, 0.3) is 0 Å². The van der Waals surface area contributed by atoms with Crippen molar-refractivity contribution < 1.29 is 8.42 Å². The second kappa shape index (κ2) is 6.47. The van der Waals surface area contributed by atoms with Crippen LogP contribution in [-0.4, -0.2) is 13.4 Å². The minimum Gasteiger partial charge on any atom is -0.245 e.